The second kappa shape index (κ2) is 6.24. The van der Waals surface area contributed by atoms with Crippen molar-refractivity contribution in [1.29, 1.82) is 0 Å². The average molecular weight is 429 g/mol. The number of halogens is 2. The van der Waals surface area contributed by atoms with Crippen LogP contribution in [-0.4, -0.2) is 7.05 Å². The number of fused-ring (bicyclic) bond motifs is 1. The van der Waals surface area contributed by atoms with E-state index in [0.717, 1.165) is 26.0 Å². The highest BCUT2D eigenvalue weighted by Crippen LogP contribution is 2.41. The summed E-state index contributed by atoms with van der Waals surface area (Å²) in [5.41, 5.74) is 2.20. The third-order valence-electron chi connectivity index (χ3n) is 3.56. The van der Waals surface area contributed by atoms with Gasteiger partial charge in [-0.1, -0.05) is 25.1 Å². The summed E-state index contributed by atoms with van der Waals surface area (Å²) in [5.74, 6) is 1.05. The van der Waals surface area contributed by atoms with E-state index in [1.807, 2.05) is 19.2 Å². The molecule has 0 radical (unpaired) electrons. The van der Waals surface area contributed by atoms with Gasteiger partial charge in [0.05, 0.1) is 9.83 Å². The van der Waals surface area contributed by atoms with Crippen molar-refractivity contribution in [3.8, 4) is 0 Å². The summed E-state index contributed by atoms with van der Waals surface area (Å²) in [6.45, 7) is 2.13. The molecule has 2 aromatic heterocycles. The minimum Gasteiger partial charge on any atom is -0.461 e. The number of para-hydroxylation sites is 1. The maximum Gasteiger partial charge on any atom is 0.134 e. The van der Waals surface area contributed by atoms with Crippen LogP contribution >= 0.6 is 43.2 Å². The predicted molar refractivity (Wildman–Crippen MR) is 96.2 cm³/mol. The first-order chi connectivity index (χ1) is 10.2. The summed E-state index contributed by atoms with van der Waals surface area (Å²) in [6.07, 6.45) is 0.885. The van der Waals surface area contributed by atoms with Crippen molar-refractivity contribution in [3.05, 3.63) is 54.8 Å². The molecule has 2 nitrogen and oxygen atoms in total. The molecule has 0 saturated carbocycles. The Bertz CT molecular complexity index is 758. The van der Waals surface area contributed by atoms with Crippen LogP contribution in [0.3, 0.4) is 0 Å². The predicted octanol–water partition coefficient (Wildman–Crippen LogP) is 5.89. The third kappa shape index (κ3) is 2.72. The van der Waals surface area contributed by atoms with Crippen LogP contribution in [0.5, 0.6) is 0 Å². The lowest BCUT2D eigenvalue weighted by Gasteiger charge is -2.15. The van der Waals surface area contributed by atoms with Crippen LogP contribution in [-0.2, 0) is 6.42 Å². The normalized spacial score (nSPS) is 13.0. The van der Waals surface area contributed by atoms with Crippen molar-refractivity contribution in [2.75, 3.05) is 7.05 Å². The first kappa shape index (κ1) is 15.3. The highest BCUT2D eigenvalue weighted by molar-refractivity contribution is 9.13. The molecule has 21 heavy (non-hydrogen) atoms. The van der Waals surface area contributed by atoms with Crippen molar-refractivity contribution < 1.29 is 4.42 Å². The van der Waals surface area contributed by atoms with Gasteiger partial charge < -0.3 is 9.73 Å². The van der Waals surface area contributed by atoms with Crippen molar-refractivity contribution >= 4 is 54.2 Å². The van der Waals surface area contributed by atoms with Crippen LogP contribution in [0, 0.1) is 0 Å². The van der Waals surface area contributed by atoms with Crippen molar-refractivity contribution in [1.82, 2.24) is 5.32 Å². The first-order valence-electron chi connectivity index (χ1n) is 6.78. The summed E-state index contributed by atoms with van der Waals surface area (Å²) in [5, 5.41) is 4.63. The minimum atomic E-state index is 0.135. The van der Waals surface area contributed by atoms with Crippen molar-refractivity contribution in [2.45, 2.75) is 19.4 Å². The van der Waals surface area contributed by atoms with Gasteiger partial charge in [0.25, 0.3) is 0 Å². The molecule has 1 aromatic carbocycles. The third-order valence-corrected chi connectivity index (χ3v) is 6.88. The average Bonchev–Trinajstić information content (AvgIpc) is 3.02. The van der Waals surface area contributed by atoms with E-state index < -0.39 is 0 Å². The number of nitrogens with one attached hydrogen (secondary N) is 1. The Hall–Kier alpha value is -0.620. The molecule has 1 unspecified atom stereocenters. The number of aryl methyl sites for hydroxylation is 1. The van der Waals surface area contributed by atoms with Gasteiger partial charge in [-0.15, -0.1) is 11.3 Å². The van der Waals surface area contributed by atoms with Crippen LogP contribution in [0.1, 0.15) is 29.2 Å². The zero-order valence-corrected chi connectivity index (χ0v) is 15.7. The fourth-order valence-electron chi connectivity index (χ4n) is 2.63. The Labute approximate surface area is 144 Å². The van der Waals surface area contributed by atoms with E-state index in [2.05, 4.69) is 62.3 Å². The minimum absolute atomic E-state index is 0.135. The van der Waals surface area contributed by atoms with Crippen LogP contribution in [0.4, 0.5) is 0 Å². The van der Waals surface area contributed by atoms with E-state index in [9.17, 15) is 0 Å². The quantitative estimate of drug-likeness (QED) is 0.560. The molecular formula is C16H15Br2NOS. The topological polar surface area (TPSA) is 25.2 Å². The molecule has 0 aliphatic heterocycles. The molecule has 0 aliphatic rings. The van der Waals surface area contributed by atoms with Gasteiger partial charge in [-0.25, -0.2) is 0 Å². The Morgan fingerprint density at radius 2 is 2.05 bits per heavy atom. The highest BCUT2D eigenvalue weighted by Gasteiger charge is 2.24. The number of rotatable bonds is 4. The van der Waals surface area contributed by atoms with Crippen LogP contribution in [0.25, 0.3) is 11.0 Å². The Morgan fingerprint density at radius 1 is 1.29 bits per heavy atom. The summed E-state index contributed by atoms with van der Waals surface area (Å²) in [4.78, 5) is 1.26. The number of hydrogen-bond acceptors (Lipinski definition) is 3. The lowest BCUT2D eigenvalue weighted by Crippen LogP contribution is -2.17. The van der Waals surface area contributed by atoms with Gasteiger partial charge in [-0.05, 0) is 51.0 Å². The van der Waals surface area contributed by atoms with E-state index in [4.69, 9.17) is 4.42 Å². The SMILES string of the molecule is CCc1oc2ccccc2c1C(NC)c1cc(Br)c(Br)s1. The number of benzene rings is 1. The maximum absolute atomic E-state index is 6.03. The maximum atomic E-state index is 6.03. The zero-order chi connectivity index (χ0) is 15.0. The largest absolute Gasteiger partial charge is 0.461 e. The monoisotopic (exact) mass is 427 g/mol. The zero-order valence-electron chi connectivity index (χ0n) is 11.7. The van der Waals surface area contributed by atoms with E-state index in [-0.39, 0.29) is 6.04 Å². The molecule has 0 saturated heterocycles. The fourth-order valence-corrected chi connectivity index (χ4v) is 4.84. The molecule has 3 aromatic rings. The van der Waals surface area contributed by atoms with Gasteiger partial charge in [0.15, 0.2) is 0 Å². The summed E-state index contributed by atoms with van der Waals surface area (Å²) >= 11 is 8.90. The van der Waals surface area contributed by atoms with Crippen molar-refractivity contribution in [2.24, 2.45) is 0 Å². The molecule has 0 aliphatic carbocycles. The van der Waals surface area contributed by atoms with E-state index in [1.165, 1.54) is 15.8 Å². The molecule has 5 heteroatoms. The molecule has 0 fully saturated rings. The van der Waals surface area contributed by atoms with Gasteiger partial charge >= 0.3 is 0 Å². The number of thiophene rings is 1. The summed E-state index contributed by atoms with van der Waals surface area (Å²) < 4.78 is 8.24. The molecule has 0 amide bonds. The number of hydrogen-bond donors (Lipinski definition) is 1. The second-order valence-corrected chi connectivity index (χ2v) is 8.04. The van der Waals surface area contributed by atoms with Crippen molar-refractivity contribution in [3.63, 3.8) is 0 Å². The van der Waals surface area contributed by atoms with Gasteiger partial charge in [0.2, 0.25) is 0 Å². The van der Waals surface area contributed by atoms with E-state index >= 15 is 0 Å². The second-order valence-electron chi connectivity index (χ2n) is 4.78. The first-order valence-corrected chi connectivity index (χ1v) is 9.18. The summed E-state index contributed by atoms with van der Waals surface area (Å²) in [6, 6.07) is 10.5. The highest BCUT2D eigenvalue weighted by atomic mass is 79.9. The fraction of sp³-hybridized carbons (Fsp3) is 0.250. The van der Waals surface area contributed by atoms with E-state index in [0.29, 0.717) is 0 Å². The molecule has 0 spiro atoms. The smallest absolute Gasteiger partial charge is 0.134 e. The summed E-state index contributed by atoms with van der Waals surface area (Å²) in [7, 11) is 1.99. The van der Waals surface area contributed by atoms with Gasteiger partial charge in [0, 0.05) is 26.7 Å². The van der Waals surface area contributed by atoms with Crippen LogP contribution in [0.2, 0.25) is 0 Å². The molecule has 1 atom stereocenters. The van der Waals surface area contributed by atoms with E-state index in [1.54, 1.807) is 11.3 Å². The molecule has 1 N–H and O–H groups in total. The van der Waals surface area contributed by atoms with Gasteiger partial charge in [0.1, 0.15) is 11.3 Å². The van der Waals surface area contributed by atoms with Gasteiger partial charge in [-0.3, -0.25) is 0 Å². The lowest BCUT2D eigenvalue weighted by molar-refractivity contribution is 0.540. The molecule has 2 heterocycles. The standard InChI is InChI=1S/C16H15Br2NOS/c1-3-11-14(9-6-4-5-7-12(9)20-11)15(19-2)13-8-10(17)16(18)21-13/h4-8,15,19H,3H2,1-2H3. The molecule has 0 bridgehead atoms. The lowest BCUT2D eigenvalue weighted by atomic mass is 10.0. The molecule has 3 rings (SSSR count). The molecule has 110 valence electrons. The number of furan rings is 1. The van der Waals surface area contributed by atoms with Crippen LogP contribution < -0.4 is 5.32 Å². The Balaban J connectivity index is 2.20. The Morgan fingerprint density at radius 3 is 2.67 bits per heavy atom. The Kier molecular flexibility index (Phi) is 4.54. The molecular weight excluding hydrogens is 414 g/mol. The van der Waals surface area contributed by atoms with Crippen LogP contribution in [0.15, 0.2) is 43.0 Å². The van der Waals surface area contributed by atoms with Gasteiger partial charge in [-0.2, -0.15) is 0 Å².